The van der Waals surface area contributed by atoms with E-state index in [0.717, 1.165) is 49.5 Å². The second kappa shape index (κ2) is 8.11. The number of para-hydroxylation sites is 1. The number of anilines is 1. The van der Waals surface area contributed by atoms with Gasteiger partial charge in [0, 0.05) is 24.7 Å². The Morgan fingerprint density at radius 1 is 1.25 bits per heavy atom. The topological polar surface area (TPSA) is 58.4 Å². The molecule has 2 aromatic rings. The summed E-state index contributed by atoms with van der Waals surface area (Å²) in [7, 11) is 0. The monoisotopic (exact) mass is 327 g/mol. The third-order valence-corrected chi connectivity index (χ3v) is 4.40. The Hall–Kier alpha value is -2.14. The summed E-state index contributed by atoms with van der Waals surface area (Å²) in [6.07, 6.45) is 5.60. The van der Waals surface area contributed by atoms with E-state index in [9.17, 15) is 4.79 Å². The molecule has 1 aromatic carbocycles. The minimum absolute atomic E-state index is 0.216. The van der Waals surface area contributed by atoms with Crippen LogP contribution in [0.25, 0.3) is 0 Å². The van der Waals surface area contributed by atoms with Crippen molar-refractivity contribution in [1.82, 2.24) is 10.1 Å². The molecule has 0 atom stereocenters. The van der Waals surface area contributed by atoms with E-state index in [1.165, 1.54) is 19.3 Å². The van der Waals surface area contributed by atoms with E-state index in [-0.39, 0.29) is 5.91 Å². The molecule has 5 heteroatoms. The minimum Gasteiger partial charge on any atom is -0.361 e. The van der Waals surface area contributed by atoms with Gasteiger partial charge in [-0.1, -0.05) is 36.7 Å². The van der Waals surface area contributed by atoms with Gasteiger partial charge in [-0.3, -0.25) is 9.69 Å². The van der Waals surface area contributed by atoms with Crippen LogP contribution < -0.4 is 5.32 Å². The molecule has 3 rings (SSSR count). The van der Waals surface area contributed by atoms with E-state index in [1.54, 1.807) is 6.07 Å². The van der Waals surface area contributed by atoms with Crippen LogP contribution in [-0.2, 0) is 13.0 Å². The molecule has 1 aliphatic rings. The summed E-state index contributed by atoms with van der Waals surface area (Å²) in [5, 5.41) is 6.86. The Morgan fingerprint density at radius 3 is 2.83 bits per heavy atom. The van der Waals surface area contributed by atoms with Gasteiger partial charge in [-0.2, -0.15) is 0 Å². The fourth-order valence-corrected chi connectivity index (χ4v) is 3.11. The summed E-state index contributed by atoms with van der Waals surface area (Å²) in [5.74, 6) is 0.538. The molecule has 24 heavy (non-hydrogen) atoms. The molecule has 1 N–H and O–H groups in total. The number of nitrogens with one attached hydrogen (secondary N) is 1. The van der Waals surface area contributed by atoms with Gasteiger partial charge in [-0.05, 0) is 44.0 Å². The molecule has 1 amide bonds. The average molecular weight is 327 g/mol. The Morgan fingerprint density at radius 2 is 2.04 bits per heavy atom. The van der Waals surface area contributed by atoms with Gasteiger partial charge in [0.1, 0.15) is 5.76 Å². The van der Waals surface area contributed by atoms with Crippen LogP contribution in [0.15, 0.2) is 34.9 Å². The predicted molar refractivity (Wildman–Crippen MR) is 94.0 cm³/mol. The van der Waals surface area contributed by atoms with Crippen LogP contribution in [0.1, 0.15) is 54.4 Å². The van der Waals surface area contributed by atoms with Crippen molar-refractivity contribution in [2.24, 2.45) is 0 Å². The van der Waals surface area contributed by atoms with E-state index in [2.05, 4.69) is 28.4 Å². The number of rotatable bonds is 6. The SMILES string of the molecule is CCCc1cc(C(=O)Nc2ccccc2CN2CCCCC2)no1. The zero-order valence-electron chi connectivity index (χ0n) is 14.3. The molecular formula is C19H25N3O2. The van der Waals surface area contributed by atoms with Crippen molar-refractivity contribution >= 4 is 11.6 Å². The van der Waals surface area contributed by atoms with Crippen LogP contribution >= 0.6 is 0 Å². The number of carbonyl (C=O) groups excluding carboxylic acids is 1. The lowest BCUT2D eigenvalue weighted by atomic mass is 10.1. The van der Waals surface area contributed by atoms with Crippen molar-refractivity contribution in [2.45, 2.75) is 45.6 Å². The van der Waals surface area contributed by atoms with E-state index < -0.39 is 0 Å². The van der Waals surface area contributed by atoms with Gasteiger partial charge in [-0.25, -0.2) is 0 Å². The van der Waals surface area contributed by atoms with Gasteiger partial charge in [0.05, 0.1) is 0 Å². The molecule has 0 saturated carbocycles. The average Bonchev–Trinajstić information content (AvgIpc) is 3.07. The van der Waals surface area contributed by atoms with Crippen molar-refractivity contribution in [1.29, 1.82) is 0 Å². The Bertz CT molecular complexity index is 675. The number of aromatic nitrogens is 1. The molecule has 5 nitrogen and oxygen atoms in total. The van der Waals surface area contributed by atoms with Gasteiger partial charge in [0.15, 0.2) is 5.69 Å². The van der Waals surface area contributed by atoms with E-state index in [1.807, 2.05) is 18.2 Å². The Kier molecular flexibility index (Phi) is 5.64. The van der Waals surface area contributed by atoms with Crippen LogP contribution in [0.3, 0.4) is 0 Å². The lowest BCUT2D eigenvalue weighted by Crippen LogP contribution is -2.29. The predicted octanol–water partition coefficient (Wildman–Crippen LogP) is 3.87. The molecule has 1 aliphatic heterocycles. The van der Waals surface area contributed by atoms with Crippen LogP contribution in [0.4, 0.5) is 5.69 Å². The zero-order chi connectivity index (χ0) is 16.8. The highest BCUT2D eigenvalue weighted by Crippen LogP contribution is 2.20. The molecule has 2 heterocycles. The lowest BCUT2D eigenvalue weighted by Gasteiger charge is -2.27. The second-order valence-electron chi connectivity index (χ2n) is 6.38. The highest BCUT2D eigenvalue weighted by atomic mass is 16.5. The Balaban J connectivity index is 1.68. The first kappa shape index (κ1) is 16.7. The van der Waals surface area contributed by atoms with Crippen molar-refractivity contribution in [3.05, 3.63) is 47.3 Å². The fourth-order valence-electron chi connectivity index (χ4n) is 3.11. The molecule has 0 radical (unpaired) electrons. The number of hydrogen-bond acceptors (Lipinski definition) is 4. The largest absolute Gasteiger partial charge is 0.361 e. The van der Waals surface area contributed by atoms with Crippen LogP contribution in [0, 0.1) is 0 Å². The molecule has 1 saturated heterocycles. The summed E-state index contributed by atoms with van der Waals surface area (Å²) >= 11 is 0. The number of likely N-dealkylation sites (tertiary alicyclic amines) is 1. The number of amides is 1. The number of nitrogens with zero attached hydrogens (tertiary/aromatic N) is 2. The summed E-state index contributed by atoms with van der Waals surface area (Å²) in [5.41, 5.74) is 2.34. The first-order valence-corrected chi connectivity index (χ1v) is 8.83. The number of carbonyl (C=O) groups is 1. The number of aryl methyl sites for hydroxylation is 1. The summed E-state index contributed by atoms with van der Waals surface area (Å²) in [6, 6.07) is 9.72. The van der Waals surface area contributed by atoms with E-state index in [0.29, 0.717) is 5.69 Å². The molecular weight excluding hydrogens is 302 g/mol. The Labute approximate surface area is 143 Å². The highest BCUT2D eigenvalue weighted by Gasteiger charge is 2.16. The number of benzene rings is 1. The maximum absolute atomic E-state index is 12.4. The maximum Gasteiger partial charge on any atom is 0.277 e. The van der Waals surface area contributed by atoms with Crippen molar-refractivity contribution < 1.29 is 9.32 Å². The normalized spacial score (nSPS) is 15.4. The number of hydrogen-bond donors (Lipinski definition) is 1. The molecule has 0 spiro atoms. The van der Waals surface area contributed by atoms with Gasteiger partial charge >= 0.3 is 0 Å². The van der Waals surface area contributed by atoms with Crippen molar-refractivity contribution in [3.8, 4) is 0 Å². The zero-order valence-corrected chi connectivity index (χ0v) is 14.3. The van der Waals surface area contributed by atoms with Crippen molar-refractivity contribution in [3.63, 3.8) is 0 Å². The molecule has 0 aliphatic carbocycles. The maximum atomic E-state index is 12.4. The molecule has 0 bridgehead atoms. The van der Waals surface area contributed by atoms with Gasteiger partial charge in [0.25, 0.3) is 5.91 Å². The highest BCUT2D eigenvalue weighted by molar-refractivity contribution is 6.03. The van der Waals surface area contributed by atoms with E-state index >= 15 is 0 Å². The summed E-state index contributed by atoms with van der Waals surface area (Å²) in [4.78, 5) is 14.9. The van der Waals surface area contributed by atoms with Gasteiger partial charge in [0.2, 0.25) is 0 Å². The molecule has 0 unspecified atom stereocenters. The third-order valence-electron chi connectivity index (χ3n) is 4.40. The summed E-state index contributed by atoms with van der Waals surface area (Å²) in [6.45, 7) is 5.20. The fraction of sp³-hybridized carbons (Fsp3) is 0.474. The van der Waals surface area contributed by atoms with E-state index in [4.69, 9.17) is 4.52 Å². The third kappa shape index (κ3) is 4.23. The number of piperidine rings is 1. The molecule has 1 aromatic heterocycles. The standard InChI is InChI=1S/C19H25N3O2/c1-2-8-16-13-18(21-24-16)19(23)20-17-10-5-4-9-15(17)14-22-11-6-3-7-12-22/h4-5,9-10,13H,2-3,6-8,11-12,14H2,1H3,(H,20,23). The summed E-state index contributed by atoms with van der Waals surface area (Å²) < 4.78 is 5.20. The van der Waals surface area contributed by atoms with Crippen LogP contribution in [0.2, 0.25) is 0 Å². The van der Waals surface area contributed by atoms with Gasteiger partial charge < -0.3 is 9.84 Å². The lowest BCUT2D eigenvalue weighted by molar-refractivity contribution is 0.101. The van der Waals surface area contributed by atoms with Crippen LogP contribution in [-0.4, -0.2) is 29.1 Å². The second-order valence-corrected chi connectivity index (χ2v) is 6.38. The van der Waals surface area contributed by atoms with Gasteiger partial charge in [-0.15, -0.1) is 0 Å². The van der Waals surface area contributed by atoms with Crippen LogP contribution in [0.5, 0.6) is 0 Å². The van der Waals surface area contributed by atoms with Crippen molar-refractivity contribution in [2.75, 3.05) is 18.4 Å². The molecule has 1 fully saturated rings. The first-order valence-electron chi connectivity index (χ1n) is 8.83. The smallest absolute Gasteiger partial charge is 0.277 e. The quantitative estimate of drug-likeness (QED) is 0.875. The minimum atomic E-state index is -0.216. The first-order chi connectivity index (χ1) is 11.8. The molecule has 128 valence electrons.